The van der Waals surface area contributed by atoms with Crippen LogP contribution in [0.1, 0.15) is 111 Å². The van der Waals surface area contributed by atoms with Crippen molar-refractivity contribution in [2.45, 2.75) is 135 Å². The summed E-state index contributed by atoms with van der Waals surface area (Å²) in [6.45, 7) is 14.1. The first-order valence-electron chi connectivity index (χ1n) is 16.2. The molecular weight excluding hydrogens is 440 g/mol. The van der Waals surface area contributed by atoms with Crippen molar-refractivity contribution in [2.24, 2.45) is 40.9 Å². The van der Waals surface area contributed by atoms with Crippen molar-refractivity contribution in [3.05, 3.63) is 11.1 Å². The highest BCUT2D eigenvalue weighted by molar-refractivity contribution is 5.29. The van der Waals surface area contributed by atoms with Gasteiger partial charge in [0.05, 0.1) is 11.7 Å². The van der Waals surface area contributed by atoms with Gasteiger partial charge in [0.25, 0.3) is 0 Å². The number of piperidine rings is 2. The summed E-state index contributed by atoms with van der Waals surface area (Å²) in [6.07, 6.45) is 18.9. The molecule has 1 spiro atoms. The zero-order valence-electron chi connectivity index (χ0n) is 23.9. The zero-order valence-corrected chi connectivity index (χ0v) is 23.9. The average Bonchev–Trinajstić information content (AvgIpc) is 3.34. The lowest BCUT2D eigenvalue weighted by Gasteiger charge is -2.55. The van der Waals surface area contributed by atoms with Gasteiger partial charge in [-0.25, -0.2) is 0 Å². The Hall–Kier alpha value is -0.380. The second kappa shape index (κ2) is 9.09. The van der Waals surface area contributed by atoms with Gasteiger partial charge >= 0.3 is 0 Å². The highest BCUT2D eigenvalue weighted by Crippen LogP contribution is 2.65. The minimum Gasteiger partial charge on any atom is -0.369 e. The van der Waals surface area contributed by atoms with E-state index >= 15 is 0 Å². The number of ether oxygens (including phenoxy) is 1. The van der Waals surface area contributed by atoms with Crippen molar-refractivity contribution >= 4 is 0 Å². The molecule has 0 radical (unpaired) electrons. The number of hydrogen-bond acceptors (Lipinski definition) is 3. The van der Waals surface area contributed by atoms with E-state index in [2.05, 4.69) is 37.9 Å². The molecule has 3 heterocycles. The van der Waals surface area contributed by atoms with E-state index in [0.29, 0.717) is 23.5 Å². The van der Waals surface area contributed by atoms with Crippen LogP contribution in [0.2, 0.25) is 0 Å². The van der Waals surface area contributed by atoms with Crippen LogP contribution in [0.3, 0.4) is 0 Å². The normalized spacial score (nSPS) is 53.5. The maximum absolute atomic E-state index is 7.10. The molecule has 3 saturated heterocycles. The maximum atomic E-state index is 7.10. The number of fused-ring (bicyclic) bond motifs is 6. The van der Waals surface area contributed by atoms with Gasteiger partial charge in [0.1, 0.15) is 0 Å². The standard InChI is InChI=1S/C33H54N2O/c1-21-16-30-31(34-20-21)23(3)33(36-30)13-11-26-27-9-8-24-17-25(35-14-6-5-7-15-35)10-12-32(24,4)29(27)18-28(26)22(2)19-33/h21,23-27,29-31,34H,5-20H2,1-4H3/t21-,23+,24?,25?,26-,27-,29-,30+,31-,32-,33-/m0/s1. The largest absolute Gasteiger partial charge is 0.369 e. The zero-order chi connectivity index (χ0) is 24.7. The molecule has 3 nitrogen and oxygen atoms in total. The topological polar surface area (TPSA) is 24.5 Å². The van der Waals surface area contributed by atoms with Crippen LogP contribution in [0.4, 0.5) is 0 Å². The molecular formula is C33H54N2O. The predicted molar refractivity (Wildman–Crippen MR) is 148 cm³/mol. The summed E-state index contributed by atoms with van der Waals surface area (Å²) >= 11 is 0. The third-order valence-electron chi connectivity index (χ3n) is 13.5. The van der Waals surface area contributed by atoms with E-state index in [-0.39, 0.29) is 5.60 Å². The number of hydrogen-bond donors (Lipinski definition) is 1. The molecule has 4 aliphatic carbocycles. The Bertz CT molecular complexity index is 877. The average molecular weight is 495 g/mol. The number of nitrogens with one attached hydrogen (secondary N) is 1. The van der Waals surface area contributed by atoms with Crippen molar-refractivity contribution < 1.29 is 4.74 Å². The highest BCUT2D eigenvalue weighted by atomic mass is 16.5. The fourth-order valence-electron chi connectivity index (χ4n) is 11.4. The summed E-state index contributed by atoms with van der Waals surface area (Å²) in [4.78, 5) is 2.90. The molecule has 6 fully saturated rings. The molecule has 3 aliphatic heterocycles. The Balaban J connectivity index is 1.10. The van der Waals surface area contributed by atoms with Crippen LogP contribution >= 0.6 is 0 Å². The van der Waals surface area contributed by atoms with E-state index in [1.807, 2.05) is 5.57 Å². The van der Waals surface area contributed by atoms with E-state index in [1.54, 1.807) is 5.57 Å². The molecule has 3 saturated carbocycles. The second-order valence-corrected chi connectivity index (χ2v) is 15.2. The summed E-state index contributed by atoms with van der Waals surface area (Å²) < 4.78 is 7.10. The van der Waals surface area contributed by atoms with Crippen molar-refractivity contribution in [2.75, 3.05) is 19.6 Å². The summed E-state index contributed by atoms with van der Waals surface area (Å²) in [5.41, 5.74) is 4.34. The van der Waals surface area contributed by atoms with Crippen LogP contribution in [0.5, 0.6) is 0 Å². The molecule has 202 valence electrons. The van der Waals surface area contributed by atoms with Gasteiger partial charge in [-0.05, 0) is 139 Å². The van der Waals surface area contributed by atoms with Crippen LogP contribution in [0.15, 0.2) is 11.1 Å². The second-order valence-electron chi connectivity index (χ2n) is 15.2. The number of allylic oxidation sites excluding steroid dienone is 1. The summed E-state index contributed by atoms with van der Waals surface area (Å²) in [5, 5.41) is 3.90. The Kier molecular flexibility index (Phi) is 6.22. The Morgan fingerprint density at radius 1 is 0.972 bits per heavy atom. The first kappa shape index (κ1) is 24.6. The minimum atomic E-state index is 0.0942. The van der Waals surface area contributed by atoms with E-state index in [4.69, 9.17) is 4.74 Å². The quantitative estimate of drug-likeness (QED) is 0.399. The third kappa shape index (κ3) is 3.75. The molecule has 0 aromatic rings. The Morgan fingerprint density at radius 3 is 2.64 bits per heavy atom. The van der Waals surface area contributed by atoms with Gasteiger partial charge in [-0.15, -0.1) is 0 Å². The number of likely N-dealkylation sites (tertiary alicyclic amines) is 1. The van der Waals surface area contributed by atoms with Gasteiger partial charge in [0.2, 0.25) is 0 Å². The molecule has 7 rings (SSSR count). The molecule has 3 heteroatoms. The maximum Gasteiger partial charge on any atom is 0.0765 e. The monoisotopic (exact) mass is 494 g/mol. The summed E-state index contributed by atoms with van der Waals surface area (Å²) in [5.74, 6) is 5.13. The Morgan fingerprint density at radius 2 is 1.81 bits per heavy atom. The minimum absolute atomic E-state index is 0.0942. The first-order valence-corrected chi connectivity index (χ1v) is 16.2. The van der Waals surface area contributed by atoms with Crippen LogP contribution in [-0.4, -0.2) is 48.3 Å². The molecule has 11 atom stereocenters. The summed E-state index contributed by atoms with van der Waals surface area (Å²) in [6, 6.07) is 1.47. The van der Waals surface area contributed by atoms with Gasteiger partial charge < -0.3 is 15.0 Å². The smallest absolute Gasteiger partial charge is 0.0765 e. The summed E-state index contributed by atoms with van der Waals surface area (Å²) in [7, 11) is 0. The SMILES string of the molecule is CC1=C2C[C@H]3[C@@H](CCC4CC(N5CCCCC5)CC[C@@]43C)[C@@H]2CC[C@@]2(C1)O[C@@H]1C[C@H](C)CN[C@H]1[C@H]2C. The van der Waals surface area contributed by atoms with E-state index in [0.717, 1.165) is 35.6 Å². The van der Waals surface area contributed by atoms with Gasteiger partial charge in [0.15, 0.2) is 0 Å². The fourth-order valence-corrected chi connectivity index (χ4v) is 11.4. The molecule has 7 aliphatic rings. The van der Waals surface area contributed by atoms with Crippen LogP contribution in [0.25, 0.3) is 0 Å². The van der Waals surface area contributed by atoms with Crippen molar-refractivity contribution in [1.82, 2.24) is 10.2 Å². The van der Waals surface area contributed by atoms with Gasteiger partial charge in [-0.2, -0.15) is 0 Å². The Labute approximate surface area is 221 Å². The van der Waals surface area contributed by atoms with Gasteiger partial charge in [-0.1, -0.05) is 38.3 Å². The first-order chi connectivity index (χ1) is 17.4. The lowest BCUT2D eigenvalue weighted by atomic mass is 9.52. The third-order valence-corrected chi connectivity index (χ3v) is 13.5. The van der Waals surface area contributed by atoms with Crippen LogP contribution in [-0.2, 0) is 4.74 Å². The fraction of sp³-hybridized carbons (Fsp3) is 0.939. The molecule has 2 unspecified atom stereocenters. The number of rotatable bonds is 1. The molecule has 0 amide bonds. The van der Waals surface area contributed by atoms with E-state index in [1.165, 1.54) is 103 Å². The van der Waals surface area contributed by atoms with Crippen molar-refractivity contribution in [3.8, 4) is 0 Å². The lowest BCUT2D eigenvalue weighted by Crippen LogP contribution is -2.51. The van der Waals surface area contributed by atoms with E-state index in [9.17, 15) is 0 Å². The number of nitrogens with zero attached hydrogens (tertiary/aromatic N) is 1. The van der Waals surface area contributed by atoms with Gasteiger partial charge in [0, 0.05) is 18.0 Å². The van der Waals surface area contributed by atoms with Crippen LogP contribution < -0.4 is 5.32 Å². The van der Waals surface area contributed by atoms with Crippen LogP contribution in [0, 0.1) is 40.9 Å². The molecule has 0 aromatic heterocycles. The highest BCUT2D eigenvalue weighted by Gasteiger charge is 2.59. The van der Waals surface area contributed by atoms with Crippen molar-refractivity contribution in [3.63, 3.8) is 0 Å². The molecule has 1 N–H and O–H groups in total. The molecule has 0 aromatic carbocycles. The lowest BCUT2D eigenvalue weighted by molar-refractivity contribution is -0.0769. The predicted octanol–water partition coefficient (Wildman–Crippen LogP) is 6.97. The van der Waals surface area contributed by atoms with E-state index < -0.39 is 0 Å². The van der Waals surface area contributed by atoms with Gasteiger partial charge in [-0.3, -0.25) is 0 Å². The van der Waals surface area contributed by atoms with Crippen molar-refractivity contribution in [1.29, 1.82) is 0 Å². The molecule has 36 heavy (non-hydrogen) atoms. The molecule has 0 bridgehead atoms.